The number of carbonyl (C=O) groups is 2. The van der Waals surface area contributed by atoms with Crippen LogP contribution in [0.2, 0.25) is 0 Å². The Kier molecular flexibility index (Phi) is 16.7. The number of aliphatic hydroxyl groups is 2. The molecule has 14 unspecified atom stereocenters. The summed E-state index contributed by atoms with van der Waals surface area (Å²) in [5, 5.41) is 21.3. The quantitative estimate of drug-likeness (QED) is 0.0977. The summed E-state index contributed by atoms with van der Waals surface area (Å²) in [6.07, 6.45) is 21.1. The van der Waals surface area contributed by atoms with Gasteiger partial charge in [0.15, 0.2) is 0 Å². The van der Waals surface area contributed by atoms with Crippen LogP contribution < -0.4 is 0 Å². The van der Waals surface area contributed by atoms with Gasteiger partial charge < -0.3 is 29.2 Å². The number of ether oxygens (including phenoxy) is 4. The van der Waals surface area contributed by atoms with Gasteiger partial charge in [0.25, 0.3) is 0 Å². The second-order valence-electron chi connectivity index (χ2n) is 23.2. The molecule has 0 saturated heterocycles. The third kappa shape index (κ3) is 10.5. The fourth-order valence-electron chi connectivity index (χ4n) is 15.4. The highest BCUT2D eigenvalue weighted by atomic mass is 16.6. The fraction of sp³-hybridized carbons (Fsp3) is 0.962. The second-order valence-corrected chi connectivity index (χ2v) is 23.2. The Hall–Kier alpha value is -1.22. The topological polar surface area (TPSA) is 112 Å². The van der Waals surface area contributed by atoms with E-state index in [2.05, 4.69) is 55.4 Å². The molecule has 60 heavy (non-hydrogen) atoms. The maximum absolute atomic E-state index is 13.7. The van der Waals surface area contributed by atoms with Crippen LogP contribution in [0.3, 0.4) is 0 Å². The lowest BCUT2D eigenvalue weighted by Gasteiger charge is -2.61. The van der Waals surface area contributed by atoms with Gasteiger partial charge >= 0.3 is 11.9 Å². The van der Waals surface area contributed by atoms with E-state index in [4.69, 9.17) is 18.9 Å². The van der Waals surface area contributed by atoms with Gasteiger partial charge in [0.2, 0.25) is 0 Å². The Bertz CT molecular complexity index is 1280. The van der Waals surface area contributed by atoms with Crippen LogP contribution in [-0.2, 0) is 28.5 Å². The minimum absolute atomic E-state index is 0.0125. The summed E-state index contributed by atoms with van der Waals surface area (Å²) in [7, 11) is 0. The van der Waals surface area contributed by atoms with Crippen molar-refractivity contribution in [3.63, 3.8) is 0 Å². The van der Waals surface area contributed by atoms with E-state index in [9.17, 15) is 19.8 Å². The summed E-state index contributed by atoms with van der Waals surface area (Å²) in [6, 6.07) is 0. The lowest BCUT2D eigenvalue weighted by molar-refractivity contribution is -0.182. The van der Waals surface area contributed by atoms with Crippen molar-refractivity contribution in [2.24, 2.45) is 80.8 Å². The molecule has 6 aliphatic carbocycles. The molecule has 2 N–H and O–H groups in total. The number of hydrogen-bond acceptors (Lipinski definition) is 8. The van der Waals surface area contributed by atoms with Crippen molar-refractivity contribution in [2.45, 2.75) is 196 Å². The van der Waals surface area contributed by atoms with Gasteiger partial charge in [-0.15, -0.1) is 0 Å². The van der Waals surface area contributed by atoms with Gasteiger partial charge in [-0.1, -0.05) is 67.2 Å². The zero-order chi connectivity index (χ0) is 43.3. The smallest absolute Gasteiger partial charge is 0.312 e. The van der Waals surface area contributed by atoms with Gasteiger partial charge in [0.05, 0.1) is 24.0 Å². The number of esters is 2. The molecule has 6 rings (SSSR count). The Morgan fingerprint density at radius 1 is 0.533 bits per heavy atom. The number of rotatable bonds is 19. The van der Waals surface area contributed by atoms with Crippen LogP contribution in [0.4, 0.5) is 0 Å². The Balaban J connectivity index is 0.798. The lowest BCUT2D eigenvalue weighted by Crippen LogP contribution is -2.56. The number of carbonyl (C=O) groups excluding carboxylic acids is 2. The third-order valence-electron chi connectivity index (χ3n) is 18.9. The zero-order valence-corrected chi connectivity index (χ0v) is 39.7. The predicted molar refractivity (Wildman–Crippen MR) is 238 cm³/mol. The summed E-state index contributed by atoms with van der Waals surface area (Å²) in [5.74, 6) is 6.69. The average molecular weight is 843 g/mol. The number of unbranched alkanes of at least 4 members (excludes halogenated alkanes) is 3. The molecule has 0 bridgehead atoms. The molecular weight excluding hydrogens is 753 g/mol. The molecule has 8 heteroatoms. The van der Waals surface area contributed by atoms with E-state index in [-0.39, 0.29) is 49.2 Å². The van der Waals surface area contributed by atoms with Gasteiger partial charge in [-0.05, 0) is 187 Å². The maximum Gasteiger partial charge on any atom is 0.312 e. The maximum atomic E-state index is 13.7. The van der Waals surface area contributed by atoms with Crippen molar-refractivity contribution < 1.29 is 38.7 Å². The van der Waals surface area contributed by atoms with Crippen molar-refractivity contribution >= 4 is 11.9 Å². The van der Waals surface area contributed by atoms with Crippen LogP contribution in [0.1, 0.15) is 184 Å². The monoisotopic (exact) mass is 843 g/mol. The first-order valence-electron chi connectivity index (χ1n) is 25.4. The molecule has 0 spiro atoms. The standard InChI is InChI=1S/C52H90O8/c1-35(2)37-15-19-43-39(29-37)17-21-45-49(43,5)23-13-25-51(45,7)47(55)59-33-41(53)31-57-27-11-9-10-12-28-58-32-42(54)34-60-48(56)52(8)26-14-24-50(6)44-20-16-38(36(3)4)30-40(44)18-22-46(50)52/h35-46,53-54H,9-34H2,1-8H3. The van der Waals surface area contributed by atoms with Crippen LogP contribution >= 0.6 is 0 Å². The average Bonchev–Trinajstić information content (AvgIpc) is 3.21. The highest BCUT2D eigenvalue weighted by molar-refractivity contribution is 5.77. The molecule has 0 heterocycles. The molecule has 346 valence electrons. The molecule has 8 nitrogen and oxygen atoms in total. The van der Waals surface area contributed by atoms with E-state index in [1.165, 1.54) is 64.2 Å². The van der Waals surface area contributed by atoms with E-state index in [1.807, 2.05) is 0 Å². The largest absolute Gasteiger partial charge is 0.462 e. The summed E-state index contributed by atoms with van der Waals surface area (Å²) in [5.41, 5.74) is -0.567. The van der Waals surface area contributed by atoms with E-state index in [1.54, 1.807) is 0 Å². The van der Waals surface area contributed by atoms with Crippen molar-refractivity contribution in [3.8, 4) is 0 Å². The molecule has 0 aromatic heterocycles. The molecular formula is C52H90O8. The fourth-order valence-corrected chi connectivity index (χ4v) is 15.4. The summed E-state index contributed by atoms with van der Waals surface area (Å²) >= 11 is 0. The van der Waals surface area contributed by atoms with Crippen LogP contribution in [-0.4, -0.2) is 74.0 Å². The second kappa shape index (κ2) is 20.7. The van der Waals surface area contributed by atoms with E-state index in [0.717, 1.165) is 99.7 Å². The summed E-state index contributed by atoms with van der Waals surface area (Å²) < 4.78 is 23.2. The number of aliphatic hydroxyl groups excluding tert-OH is 2. The van der Waals surface area contributed by atoms with Crippen molar-refractivity contribution in [1.29, 1.82) is 0 Å². The molecule has 14 atom stereocenters. The molecule has 0 aliphatic heterocycles. The third-order valence-corrected chi connectivity index (χ3v) is 18.9. The minimum Gasteiger partial charge on any atom is -0.462 e. The molecule has 0 amide bonds. The lowest BCUT2D eigenvalue weighted by atomic mass is 9.43. The minimum atomic E-state index is -0.825. The van der Waals surface area contributed by atoms with Crippen LogP contribution in [0.15, 0.2) is 0 Å². The van der Waals surface area contributed by atoms with E-state index in [0.29, 0.717) is 36.9 Å². The first kappa shape index (κ1) is 48.2. The zero-order valence-electron chi connectivity index (χ0n) is 39.7. The molecule has 0 aromatic carbocycles. The van der Waals surface area contributed by atoms with Gasteiger partial charge in [-0.3, -0.25) is 9.59 Å². The molecule has 6 saturated carbocycles. The van der Waals surface area contributed by atoms with Crippen molar-refractivity contribution in [1.82, 2.24) is 0 Å². The van der Waals surface area contributed by atoms with Gasteiger partial charge in [-0.2, -0.15) is 0 Å². The highest BCUT2D eigenvalue weighted by Gasteiger charge is 2.61. The normalized spacial score (nSPS) is 40.1. The first-order chi connectivity index (χ1) is 28.5. The van der Waals surface area contributed by atoms with Gasteiger partial charge in [0.1, 0.15) is 25.4 Å². The highest BCUT2D eigenvalue weighted by Crippen LogP contribution is 2.66. The first-order valence-corrected chi connectivity index (χ1v) is 25.4. The molecule has 6 fully saturated rings. The SMILES string of the molecule is CC(C)C1CCC2C(CCC3C(C)(C(=O)OCC(O)COCCCCCCOCC(O)COC(=O)C4(C)CCCC5(C)C6CCC(C(C)C)CC6CCC45)CCCC23C)C1. The summed E-state index contributed by atoms with van der Waals surface area (Å²) in [4.78, 5) is 27.4. The van der Waals surface area contributed by atoms with Crippen molar-refractivity contribution in [3.05, 3.63) is 0 Å². The molecule has 6 aliphatic rings. The number of fused-ring (bicyclic) bond motifs is 6. The molecule has 0 aromatic rings. The Morgan fingerprint density at radius 2 is 0.933 bits per heavy atom. The predicted octanol–water partition coefficient (Wildman–Crippen LogP) is 11.0. The van der Waals surface area contributed by atoms with E-state index >= 15 is 0 Å². The van der Waals surface area contributed by atoms with Crippen molar-refractivity contribution in [2.75, 3.05) is 39.6 Å². The number of hydrogen-bond donors (Lipinski definition) is 2. The van der Waals surface area contributed by atoms with Gasteiger partial charge in [-0.25, -0.2) is 0 Å². The Labute approximate surface area is 366 Å². The Morgan fingerprint density at radius 3 is 1.32 bits per heavy atom. The molecule has 0 radical (unpaired) electrons. The van der Waals surface area contributed by atoms with Crippen LogP contribution in [0.25, 0.3) is 0 Å². The van der Waals surface area contributed by atoms with Gasteiger partial charge in [0, 0.05) is 13.2 Å². The van der Waals surface area contributed by atoms with Crippen LogP contribution in [0, 0.1) is 80.8 Å². The van der Waals surface area contributed by atoms with Crippen LogP contribution in [0.5, 0.6) is 0 Å². The van der Waals surface area contributed by atoms with E-state index < -0.39 is 23.0 Å². The summed E-state index contributed by atoms with van der Waals surface area (Å²) in [6.45, 7) is 20.2.